The number of nitrogens with one attached hydrogen (secondary N) is 5. The van der Waals surface area contributed by atoms with Crippen LogP contribution in [0.4, 0.5) is 19.3 Å². The Labute approximate surface area is 414 Å². The molecule has 1 aliphatic rings. The summed E-state index contributed by atoms with van der Waals surface area (Å²) in [5.74, 6) is -6.30. The van der Waals surface area contributed by atoms with Gasteiger partial charge in [0.15, 0.2) is 12.1 Å². The predicted molar refractivity (Wildman–Crippen MR) is 263 cm³/mol. The third-order valence-electron chi connectivity index (χ3n) is 11.6. The smallest absolute Gasteiger partial charge is 0.408 e. The second-order valence-corrected chi connectivity index (χ2v) is 17.7. The molecule has 0 aliphatic carbocycles. The van der Waals surface area contributed by atoms with E-state index in [2.05, 4.69) is 21.3 Å². The Morgan fingerprint density at radius 2 is 1.54 bits per heavy atom. The summed E-state index contributed by atoms with van der Waals surface area (Å²) in [4.78, 5) is 79.5. The Kier molecular flexibility index (Phi) is 23.4. The predicted octanol–water partition coefficient (Wildman–Crippen LogP) is 6.51. The summed E-state index contributed by atoms with van der Waals surface area (Å²) in [6.45, 7) is 6.11. The molecule has 3 aromatic rings. The van der Waals surface area contributed by atoms with Crippen LogP contribution in [0, 0.1) is 11.3 Å². The molecule has 1 aliphatic heterocycles. The van der Waals surface area contributed by atoms with Crippen molar-refractivity contribution in [1.29, 1.82) is 5.41 Å². The number of amides is 4. The number of aliphatic hydroxyl groups excluding tert-OH is 1. The number of nitrogens with zero attached hydrogens (tertiary/aromatic N) is 1. The average molecular weight is 990 g/mol. The number of esters is 2. The molecule has 0 spiro atoms. The highest BCUT2D eigenvalue weighted by Gasteiger charge is 2.43. The maximum Gasteiger partial charge on any atom is 0.408 e. The zero-order valence-corrected chi connectivity index (χ0v) is 40.8. The number of alkyl halides is 2. The van der Waals surface area contributed by atoms with E-state index in [1.54, 1.807) is 66.4 Å². The lowest BCUT2D eigenvalue weighted by Crippen LogP contribution is -2.53. The molecule has 1 saturated heterocycles. The van der Waals surface area contributed by atoms with Gasteiger partial charge >= 0.3 is 24.0 Å². The van der Waals surface area contributed by atoms with Crippen molar-refractivity contribution in [1.82, 2.24) is 20.9 Å². The number of ether oxygens (including phenoxy) is 3. The van der Waals surface area contributed by atoms with Crippen LogP contribution >= 0.6 is 0 Å². The summed E-state index contributed by atoms with van der Waals surface area (Å²) < 4.78 is 48.1. The van der Waals surface area contributed by atoms with Crippen LogP contribution in [0.2, 0.25) is 0 Å². The first-order valence-corrected chi connectivity index (χ1v) is 24.1. The van der Waals surface area contributed by atoms with Crippen molar-refractivity contribution in [2.24, 2.45) is 11.7 Å². The number of unbranched alkanes of at least 4 members (excludes halogenated alkanes) is 3. The van der Waals surface area contributed by atoms with Crippen LogP contribution in [0.5, 0.6) is 0 Å². The Balaban J connectivity index is 1.34. The molecule has 4 atom stereocenters. The lowest BCUT2D eigenvalue weighted by molar-refractivity contribution is -0.167. The molecule has 0 saturated carbocycles. The van der Waals surface area contributed by atoms with E-state index in [0.29, 0.717) is 67.6 Å². The average Bonchev–Trinajstić information content (AvgIpc) is 3.69. The lowest BCUT2D eigenvalue weighted by atomic mass is 10.0. The molecule has 1 fully saturated rings. The van der Waals surface area contributed by atoms with Crippen molar-refractivity contribution in [2.75, 3.05) is 25.0 Å². The number of aliphatic hydroxyl groups is 1. The van der Waals surface area contributed by atoms with Crippen molar-refractivity contribution in [3.05, 3.63) is 113 Å². The second-order valence-electron chi connectivity index (χ2n) is 17.7. The number of carbonyl (C=O) groups is 6. The molecule has 4 rings (SSSR count). The number of likely N-dealkylation sites (tertiary alicyclic amines) is 1. The molecule has 19 heteroatoms. The van der Waals surface area contributed by atoms with E-state index in [-0.39, 0.29) is 74.8 Å². The molecule has 1 unspecified atom stereocenters. The number of anilines is 1. The molecule has 4 amide bonds. The van der Waals surface area contributed by atoms with Gasteiger partial charge in [0.2, 0.25) is 17.7 Å². The van der Waals surface area contributed by atoms with Crippen molar-refractivity contribution in [2.45, 2.75) is 135 Å². The zero-order chi connectivity index (χ0) is 51.8. The summed E-state index contributed by atoms with van der Waals surface area (Å²) in [6, 6.07) is 17.3. The molecule has 71 heavy (non-hydrogen) atoms. The highest BCUT2D eigenvalue weighted by atomic mass is 19.3. The van der Waals surface area contributed by atoms with Gasteiger partial charge in [0, 0.05) is 37.2 Å². The minimum Gasteiger partial charge on any atom is -0.466 e. The van der Waals surface area contributed by atoms with E-state index < -0.39 is 54.0 Å². The van der Waals surface area contributed by atoms with Gasteiger partial charge in [-0.05, 0) is 86.3 Å². The summed E-state index contributed by atoms with van der Waals surface area (Å²) in [5.41, 5.74) is 7.09. The molecule has 1 heterocycles. The number of hydrogen-bond donors (Lipinski definition) is 7. The van der Waals surface area contributed by atoms with E-state index in [0.717, 1.165) is 18.9 Å². The largest absolute Gasteiger partial charge is 0.466 e. The molecule has 3 aromatic carbocycles. The highest BCUT2D eigenvalue weighted by Crippen LogP contribution is 2.35. The third kappa shape index (κ3) is 19.8. The van der Waals surface area contributed by atoms with E-state index in [4.69, 9.17) is 25.4 Å². The van der Waals surface area contributed by atoms with Gasteiger partial charge in [-0.15, -0.1) is 0 Å². The third-order valence-corrected chi connectivity index (χ3v) is 11.6. The molecule has 8 N–H and O–H groups in total. The Bertz CT molecular complexity index is 2230. The number of halogens is 2. The summed E-state index contributed by atoms with van der Waals surface area (Å²) >= 11 is 0. The van der Waals surface area contributed by atoms with Crippen molar-refractivity contribution < 1.29 is 56.9 Å². The number of guanidine groups is 1. The van der Waals surface area contributed by atoms with Crippen molar-refractivity contribution in [3.63, 3.8) is 0 Å². The SMILES string of the molecule is CCOC(=O)CCCCCCN1C(=O)CC[C@@H]1/C=C/[C@@H](OC(=O)Cc1ccc(COC(=O)NC(CC(C)C)C(=O)N[C@@H](CCCNC(=N)N)C(=O)Nc2ccc(CO)cc2)cc1)C(F)(F)c1ccccc1. The molecule has 0 bridgehead atoms. The number of alkyl carbamates (subject to hydrolysis) is 1. The number of nitrogens with two attached hydrogens (primary N) is 1. The Morgan fingerprint density at radius 3 is 2.20 bits per heavy atom. The van der Waals surface area contributed by atoms with E-state index in [1.165, 1.54) is 30.3 Å². The summed E-state index contributed by atoms with van der Waals surface area (Å²) in [7, 11) is 0. The number of rotatable bonds is 29. The fraction of sp³-hybridized carbons (Fsp3) is 0.481. The first-order valence-electron chi connectivity index (χ1n) is 24.1. The van der Waals surface area contributed by atoms with Crippen LogP contribution in [-0.2, 0) is 63.7 Å². The van der Waals surface area contributed by atoms with Crippen LogP contribution in [0.15, 0.2) is 91.0 Å². The topological polar surface area (TPSA) is 252 Å². The molecule has 17 nitrogen and oxygen atoms in total. The maximum absolute atomic E-state index is 16.1. The summed E-state index contributed by atoms with van der Waals surface area (Å²) in [6.07, 6.45) is 4.08. The Morgan fingerprint density at radius 1 is 0.859 bits per heavy atom. The van der Waals surface area contributed by atoms with Crippen LogP contribution < -0.4 is 27.0 Å². The van der Waals surface area contributed by atoms with Gasteiger partial charge in [-0.3, -0.25) is 29.4 Å². The first-order chi connectivity index (χ1) is 34.0. The fourth-order valence-electron chi connectivity index (χ4n) is 7.80. The monoisotopic (exact) mass is 990 g/mol. The Hall–Kier alpha value is -6.89. The highest BCUT2D eigenvalue weighted by molar-refractivity contribution is 5.98. The normalized spacial score (nSPS) is 14.9. The van der Waals surface area contributed by atoms with Gasteiger partial charge in [-0.2, -0.15) is 8.78 Å². The number of benzene rings is 3. The molecular weight excluding hydrogens is 921 g/mol. The van der Waals surface area contributed by atoms with Gasteiger partial charge in [0.05, 0.1) is 25.7 Å². The van der Waals surface area contributed by atoms with Gasteiger partial charge < -0.3 is 51.2 Å². The second kappa shape index (κ2) is 29.3. The molecular formula is C52H69F2N7O10. The van der Waals surface area contributed by atoms with Gasteiger partial charge in [0.1, 0.15) is 18.7 Å². The fourth-order valence-corrected chi connectivity index (χ4v) is 7.80. The molecule has 0 radical (unpaired) electrons. The van der Waals surface area contributed by atoms with E-state index in [9.17, 15) is 33.9 Å². The maximum atomic E-state index is 16.1. The van der Waals surface area contributed by atoms with E-state index in [1.807, 2.05) is 13.8 Å². The van der Waals surface area contributed by atoms with Crippen LogP contribution in [0.25, 0.3) is 0 Å². The van der Waals surface area contributed by atoms with Crippen molar-refractivity contribution >= 4 is 47.4 Å². The van der Waals surface area contributed by atoms with Gasteiger partial charge in [0.25, 0.3) is 0 Å². The number of carbonyl (C=O) groups excluding carboxylic acids is 6. The van der Waals surface area contributed by atoms with Gasteiger partial charge in [-0.1, -0.05) is 99.5 Å². The standard InChI is InChI=1S/C52H69F2N7O10/c1-4-69-46(64)16-10-5-6-11-30-61-41(26-28-45(61)63)25-27-44(52(53,54)39-13-8-7-9-14-39)71-47(65)32-36-17-19-38(20-18-36)34-70-51(68)60-43(31-35(2)3)49(67)59-42(15-12-29-57-50(55)56)48(66)58-40-23-21-37(33-62)22-24-40/h7-9,13-14,17-25,27,35,41-44,62H,4-6,10-12,15-16,26,28-34H2,1-3H3,(H,58,66)(H,59,67)(H,60,68)(H4,55,56,57)/b27-25+/t41-,42-,43?,44+/m0/s1. The lowest BCUT2D eigenvalue weighted by Gasteiger charge is -2.27. The first kappa shape index (κ1) is 56.7. The van der Waals surface area contributed by atoms with E-state index >= 15 is 8.78 Å². The van der Waals surface area contributed by atoms with Gasteiger partial charge in [-0.25, -0.2) is 4.79 Å². The zero-order valence-electron chi connectivity index (χ0n) is 40.8. The van der Waals surface area contributed by atoms with Crippen LogP contribution in [0.1, 0.15) is 107 Å². The minimum absolute atomic E-state index is 0.0516. The van der Waals surface area contributed by atoms with Crippen molar-refractivity contribution in [3.8, 4) is 0 Å². The quantitative estimate of drug-likeness (QED) is 0.00982. The molecule has 386 valence electrons. The molecule has 0 aromatic heterocycles. The van der Waals surface area contributed by atoms with Crippen LogP contribution in [0.3, 0.4) is 0 Å². The number of hydrogen-bond acceptors (Lipinski definition) is 11. The van der Waals surface area contributed by atoms with Crippen LogP contribution in [-0.4, -0.2) is 95.6 Å². The summed E-state index contributed by atoms with van der Waals surface area (Å²) in [5, 5.41) is 27.5. The minimum atomic E-state index is -3.61.